The first-order valence-electron chi connectivity index (χ1n) is 3.99. The molecule has 0 aliphatic rings. The Kier molecular flexibility index (Phi) is 1.92. The van der Waals surface area contributed by atoms with E-state index in [9.17, 15) is 4.79 Å². The second-order valence-electron chi connectivity index (χ2n) is 2.75. The van der Waals surface area contributed by atoms with E-state index in [0.29, 0.717) is 0 Å². The lowest BCUT2D eigenvalue weighted by Crippen LogP contribution is -2.00. The van der Waals surface area contributed by atoms with Gasteiger partial charge in [-0.3, -0.25) is 0 Å². The molecule has 1 aromatic carbocycles. The third-order valence-corrected chi connectivity index (χ3v) is 1.89. The molecule has 0 unspecified atom stereocenters. The van der Waals surface area contributed by atoms with E-state index in [4.69, 9.17) is 5.26 Å². The number of aromatic amines is 1. The topological polar surface area (TPSA) is 65.9 Å². The van der Waals surface area contributed by atoms with Crippen LogP contribution in [0.25, 0.3) is 10.9 Å². The van der Waals surface area contributed by atoms with Crippen LogP contribution in [-0.4, -0.2) is 11.0 Å². The summed E-state index contributed by atoms with van der Waals surface area (Å²) in [7, 11) is 0. The molecule has 0 aliphatic carbocycles. The minimum absolute atomic E-state index is 0.285. The van der Waals surface area contributed by atoms with Gasteiger partial charge in [0.25, 0.3) is 6.26 Å². The normalized spacial score (nSPS) is 9.64. The summed E-state index contributed by atoms with van der Waals surface area (Å²) in [5.74, 6) is -0.663. The van der Waals surface area contributed by atoms with E-state index in [1.807, 2.05) is 24.3 Å². The molecule has 0 bridgehead atoms. The summed E-state index contributed by atoms with van der Waals surface area (Å²) in [6.45, 7) is 0. The number of hydrogen-bond donors (Lipinski definition) is 1. The maximum Gasteiger partial charge on any atom is 0.370 e. The molecular weight excluding hydrogens is 180 g/mol. The maximum atomic E-state index is 11.1. The molecule has 0 saturated heterocycles. The van der Waals surface area contributed by atoms with Gasteiger partial charge >= 0.3 is 5.97 Å². The third-order valence-electron chi connectivity index (χ3n) is 1.89. The summed E-state index contributed by atoms with van der Waals surface area (Å²) < 4.78 is 4.19. The van der Waals surface area contributed by atoms with Crippen molar-refractivity contribution in [3.8, 4) is 6.26 Å². The highest BCUT2D eigenvalue weighted by Gasteiger charge is 2.09. The van der Waals surface area contributed by atoms with E-state index < -0.39 is 5.97 Å². The molecule has 4 heteroatoms. The molecule has 0 spiro atoms. The number of nitrogens with one attached hydrogen (secondary N) is 1. The number of H-pyrrole nitrogens is 1. The molecule has 2 aromatic rings. The van der Waals surface area contributed by atoms with E-state index in [1.165, 1.54) is 6.26 Å². The Labute approximate surface area is 79.7 Å². The molecule has 2 rings (SSSR count). The van der Waals surface area contributed by atoms with Gasteiger partial charge in [0.2, 0.25) is 0 Å². The van der Waals surface area contributed by atoms with Crippen molar-refractivity contribution in [2.24, 2.45) is 0 Å². The zero-order valence-corrected chi connectivity index (χ0v) is 7.15. The van der Waals surface area contributed by atoms with E-state index in [-0.39, 0.29) is 5.69 Å². The molecule has 0 radical (unpaired) electrons. The Morgan fingerprint density at radius 3 is 2.93 bits per heavy atom. The maximum absolute atomic E-state index is 11.1. The SMILES string of the molecule is N#COC(=O)c1cc2ccccc2[nH]1. The highest BCUT2D eigenvalue weighted by molar-refractivity contribution is 5.95. The van der Waals surface area contributed by atoms with E-state index in [0.717, 1.165) is 10.9 Å². The van der Waals surface area contributed by atoms with Crippen molar-refractivity contribution in [3.05, 3.63) is 36.0 Å². The molecule has 68 valence electrons. The number of nitrogens with zero attached hydrogens (tertiary/aromatic N) is 1. The zero-order valence-electron chi connectivity index (χ0n) is 7.15. The van der Waals surface area contributed by atoms with Gasteiger partial charge in [0, 0.05) is 10.9 Å². The molecule has 0 atom stereocenters. The summed E-state index contributed by atoms with van der Waals surface area (Å²) in [6.07, 6.45) is 1.34. The van der Waals surface area contributed by atoms with Crippen molar-refractivity contribution in [1.82, 2.24) is 4.98 Å². The van der Waals surface area contributed by atoms with Crippen molar-refractivity contribution < 1.29 is 9.53 Å². The fraction of sp³-hybridized carbons (Fsp3) is 0. The third kappa shape index (κ3) is 1.31. The number of nitriles is 1. The molecule has 1 heterocycles. The van der Waals surface area contributed by atoms with E-state index >= 15 is 0 Å². The van der Waals surface area contributed by atoms with Crippen LogP contribution in [0.3, 0.4) is 0 Å². The van der Waals surface area contributed by atoms with Crippen molar-refractivity contribution in [1.29, 1.82) is 5.26 Å². The minimum Gasteiger partial charge on any atom is -0.349 e. The van der Waals surface area contributed by atoms with Gasteiger partial charge in [0.1, 0.15) is 5.69 Å². The summed E-state index contributed by atoms with van der Waals surface area (Å²) >= 11 is 0. The van der Waals surface area contributed by atoms with Crippen LogP contribution in [0.15, 0.2) is 30.3 Å². The van der Waals surface area contributed by atoms with Gasteiger partial charge in [-0.15, -0.1) is 5.26 Å². The first kappa shape index (κ1) is 8.32. The Morgan fingerprint density at radius 1 is 1.43 bits per heavy atom. The van der Waals surface area contributed by atoms with Crippen molar-refractivity contribution >= 4 is 16.9 Å². The summed E-state index contributed by atoms with van der Waals surface area (Å²) in [5, 5.41) is 9.08. The van der Waals surface area contributed by atoms with E-state index in [2.05, 4.69) is 9.72 Å². The number of esters is 1. The molecule has 0 amide bonds. The molecule has 0 saturated carbocycles. The molecular formula is C10H6N2O2. The number of para-hydroxylation sites is 1. The highest BCUT2D eigenvalue weighted by Crippen LogP contribution is 2.14. The molecule has 0 aliphatic heterocycles. The number of benzene rings is 1. The quantitative estimate of drug-likeness (QED) is 0.545. The van der Waals surface area contributed by atoms with Crippen LogP contribution in [-0.2, 0) is 4.74 Å². The smallest absolute Gasteiger partial charge is 0.349 e. The fourth-order valence-corrected chi connectivity index (χ4v) is 1.28. The average molecular weight is 186 g/mol. The largest absolute Gasteiger partial charge is 0.370 e. The molecule has 1 N–H and O–H groups in total. The Morgan fingerprint density at radius 2 is 2.21 bits per heavy atom. The van der Waals surface area contributed by atoms with Gasteiger partial charge in [-0.2, -0.15) is 0 Å². The lowest BCUT2D eigenvalue weighted by molar-refractivity contribution is 0.0680. The lowest BCUT2D eigenvalue weighted by Gasteiger charge is -1.88. The predicted molar refractivity (Wildman–Crippen MR) is 49.3 cm³/mol. The Hall–Kier alpha value is -2.28. The first-order valence-corrected chi connectivity index (χ1v) is 3.99. The molecule has 1 aromatic heterocycles. The first-order chi connectivity index (χ1) is 6.81. The summed E-state index contributed by atoms with van der Waals surface area (Å²) in [5.41, 5.74) is 1.13. The van der Waals surface area contributed by atoms with Crippen molar-refractivity contribution in [2.45, 2.75) is 0 Å². The summed E-state index contributed by atoms with van der Waals surface area (Å²) in [4.78, 5) is 14.0. The summed E-state index contributed by atoms with van der Waals surface area (Å²) in [6, 6.07) is 9.09. The number of fused-ring (bicyclic) bond motifs is 1. The Balaban J connectivity index is 2.46. The van der Waals surface area contributed by atoms with Crippen LogP contribution in [0.4, 0.5) is 0 Å². The monoisotopic (exact) mass is 186 g/mol. The number of carbonyl (C=O) groups is 1. The molecule has 14 heavy (non-hydrogen) atoms. The fourth-order valence-electron chi connectivity index (χ4n) is 1.28. The lowest BCUT2D eigenvalue weighted by atomic mass is 10.2. The number of hydrogen-bond acceptors (Lipinski definition) is 3. The van der Waals surface area contributed by atoms with Gasteiger partial charge in [-0.1, -0.05) is 18.2 Å². The van der Waals surface area contributed by atoms with Gasteiger partial charge in [0.15, 0.2) is 0 Å². The van der Waals surface area contributed by atoms with Crippen LogP contribution in [0.2, 0.25) is 0 Å². The van der Waals surface area contributed by atoms with Crippen molar-refractivity contribution in [2.75, 3.05) is 0 Å². The number of carbonyl (C=O) groups excluding carboxylic acids is 1. The van der Waals surface area contributed by atoms with Gasteiger partial charge in [-0.25, -0.2) is 4.79 Å². The molecule has 0 fully saturated rings. The Bertz CT molecular complexity index is 489. The van der Waals surface area contributed by atoms with Gasteiger partial charge < -0.3 is 9.72 Å². The van der Waals surface area contributed by atoms with Crippen LogP contribution in [0.5, 0.6) is 0 Å². The second kappa shape index (κ2) is 3.23. The van der Waals surface area contributed by atoms with Crippen molar-refractivity contribution in [3.63, 3.8) is 0 Å². The van der Waals surface area contributed by atoms with Gasteiger partial charge in [-0.05, 0) is 12.1 Å². The predicted octanol–water partition coefficient (Wildman–Crippen LogP) is 1.81. The van der Waals surface area contributed by atoms with Crippen LogP contribution in [0.1, 0.15) is 10.5 Å². The number of ether oxygens (including phenoxy) is 1. The van der Waals surface area contributed by atoms with Crippen LogP contribution in [0, 0.1) is 11.5 Å². The average Bonchev–Trinajstić information content (AvgIpc) is 2.61. The van der Waals surface area contributed by atoms with Crippen LogP contribution < -0.4 is 0 Å². The number of aromatic nitrogens is 1. The standard InChI is InChI=1S/C10H6N2O2/c11-6-14-10(13)9-5-7-3-1-2-4-8(7)12-9/h1-5,12H. The van der Waals surface area contributed by atoms with Gasteiger partial charge in [0.05, 0.1) is 0 Å². The number of rotatable bonds is 1. The second-order valence-corrected chi connectivity index (χ2v) is 2.75. The van der Waals surface area contributed by atoms with Crippen LogP contribution >= 0.6 is 0 Å². The molecule has 4 nitrogen and oxygen atoms in total. The zero-order chi connectivity index (χ0) is 9.97. The highest BCUT2D eigenvalue weighted by atomic mass is 16.5. The van der Waals surface area contributed by atoms with E-state index in [1.54, 1.807) is 6.07 Å². The minimum atomic E-state index is -0.663.